The highest BCUT2D eigenvalue weighted by Crippen LogP contribution is 2.25. The maximum atomic E-state index is 5.97. The number of hydrogen-bond donors (Lipinski definition) is 2. The highest BCUT2D eigenvalue weighted by atomic mass is 16.5. The Hall–Kier alpha value is -1.44. The van der Waals surface area contributed by atoms with E-state index < -0.39 is 0 Å². The third-order valence-corrected chi connectivity index (χ3v) is 3.53. The van der Waals surface area contributed by atoms with Gasteiger partial charge in [-0.3, -0.25) is 0 Å². The number of aromatic nitrogens is 2. The van der Waals surface area contributed by atoms with Crippen molar-refractivity contribution in [3.8, 4) is 5.88 Å². The van der Waals surface area contributed by atoms with Crippen molar-refractivity contribution >= 4 is 5.82 Å². The van der Waals surface area contributed by atoms with E-state index in [1.165, 1.54) is 0 Å². The Balaban J connectivity index is 2.03. The molecule has 21 heavy (non-hydrogen) atoms. The van der Waals surface area contributed by atoms with Crippen molar-refractivity contribution in [2.75, 3.05) is 19.1 Å². The number of hydrazine groups is 1. The Morgan fingerprint density at radius 1 is 1.33 bits per heavy atom. The van der Waals surface area contributed by atoms with Crippen LogP contribution >= 0.6 is 0 Å². The molecular weight excluding hydrogens is 272 g/mol. The van der Waals surface area contributed by atoms with E-state index in [1.807, 2.05) is 6.92 Å². The minimum atomic E-state index is 0.115. The van der Waals surface area contributed by atoms with Gasteiger partial charge in [-0.2, -0.15) is 4.98 Å². The second kappa shape index (κ2) is 8.11. The van der Waals surface area contributed by atoms with Gasteiger partial charge in [-0.25, -0.2) is 10.8 Å². The van der Waals surface area contributed by atoms with Crippen LogP contribution in [-0.2, 0) is 16.1 Å². The van der Waals surface area contributed by atoms with Crippen molar-refractivity contribution in [3.63, 3.8) is 0 Å². The smallest absolute Gasteiger partial charge is 0.219 e. The summed E-state index contributed by atoms with van der Waals surface area (Å²) in [6.07, 6.45) is 4.46. The summed E-state index contributed by atoms with van der Waals surface area (Å²) < 4.78 is 16.7. The number of rotatable bonds is 7. The molecule has 3 N–H and O–H groups in total. The first kappa shape index (κ1) is 15.9. The molecule has 7 heteroatoms. The molecular formula is C14H24N4O3. The molecule has 1 fully saturated rings. The standard InChI is InChI=1S/C14H24N4O3/c1-3-20-9-13-16-12(18-15)8-14(17-13)21-11-6-4-5-10(7-11)19-2/h8,10-11H,3-7,9,15H2,1-2H3,(H,16,17,18). The van der Waals surface area contributed by atoms with Crippen LogP contribution in [0, 0.1) is 0 Å². The van der Waals surface area contributed by atoms with Crippen LogP contribution in [-0.4, -0.2) is 35.9 Å². The van der Waals surface area contributed by atoms with Gasteiger partial charge in [0, 0.05) is 26.2 Å². The van der Waals surface area contributed by atoms with Crippen LogP contribution in [0.4, 0.5) is 5.82 Å². The van der Waals surface area contributed by atoms with E-state index in [0.29, 0.717) is 30.7 Å². The van der Waals surface area contributed by atoms with E-state index in [2.05, 4.69) is 15.4 Å². The molecule has 1 aliphatic rings. The van der Waals surface area contributed by atoms with Crippen LogP contribution in [0.25, 0.3) is 0 Å². The number of nitrogens with zero attached hydrogens (tertiary/aromatic N) is 2. The summed E-state index contributed by atoms with van der Waals surface area (Å²) in [5.74, 6) is 7.04. The molecule has 118 valence electrons. The summed E-state index contributed by atoms with van der Waals surface area (Å²) >= 11 is 0. The number of nitrogens with one attached hydrogen (secondary N) is 1. The van der Waals surface area contributed by atoms with Gasteiger partial charge in [0.25, 0.3) is 0 Å². The van der Waals surface area contributed by atoms with Crippen molar-refractivity contribution in [1.29, 1.82) is 0 Å². The lowest BCUT2D eigenvalue weighted by Gasteiger charge is -2.28. The molecule has 7 nitrogen and oxygen atoms in total. The number of nitrogen functional groups attached to an aromatic ring is 1. The first-order valence-electron chi connectivity index (χ1n) is 7.37. The number of methoxy groups -OCH3 is 1. The average Bonchev–Trinajstić information content (AvgIpc) is 2.52. The van der Waals surface area contributed by atoms with Gasteiger partial charge < -0.3 is 19.6 Å². The van der Waals surface area contributed by atoms with Gasteiger partial charge in [-0.05, 0) is 26.2 Å². The number of ether oxygens (including phenoxy) is 3. The minimum absolute atomic E-state index is 0.115. The summed E-state index contributed by atoms with van der Waals surface area (Å²) in [6.45, 7) is 2.88. The molecule has 1 saturated carbocycles. The van der Waals surface area contributed by atoms with Gasteiger partial charge in [0.1, 0.15) is 18.5 Å². The lowest BCUT2D eigenvalue weighted by atomic mass is 9.95. The molecule has 2 unspecified atom stereocenters. The molecule has 0 bridgehead atoms. The molecule has 0 saturated heterocycles. The number of hydrogen-bond acceptors (Lipinski definition) is 7. The molecule has 2 rings (SSSR count). The second-order valence-corrected chi connectivity index (χ2v) is 5.05. The second-order valence-electron chi connectivity index (χ2n) is 5.05. The van der Waals surface area contributed by atoms with Gasteiger partial charge in [0.2, 0.25) is 5.88 Å². The fourth-order valence-corrected chi connectivity index (χ4v) is 2.46. The zero-order valence-corrected chi connectivity index (χ0v) is 12.7. The highest BCUT2D eigenvalue weighted by Gasteiger charge is 2.23. The van der Waals surface area contributed by atoms with Gasteiger partial charge >= 0.3 is 0 Å². The van der Waals surface area contributed by atoms with Crippen LogP contribution in [0.5, 0.6) is 5.88 Å². The summed E-state index contributed by atoms with van der Waals surface area (Å²) in [5, 5.41) is 0. The Morgan fingerprint density at radius 2 is 2.14 bits per heavy atom. The zero-order valence-electron chi connectivity index (χ0n) is 12.7. The summed E-state index contributed by atoms with van der Waals surface area (Å²) in [6, 6.07) is 1.70. The summed E-state index contributed by atoms with van der Waals surface area (Å²) in [4.78, 5) is 8.61. The van der Waals surface area contributed by atoms with Crippen LogP contribution in [0.3, 0.4) is 0 Å². The van der Waals surface area contributed by atoms with Crippen molar-refractivity contribution in [2.24, 2.45) is 5.84 Å². The van der Waals surface area contributed by atoms with Crippen LogP contribution in [0.15, 0.2) is 6.07 Å². The van der Waals surface area contributed by atoms with E-state index in [4.69, 9.17) is 20.1 Å². The predicted molar refractivity (Wildman–Crippen MR) is 78.9 cm³/mol. The maximum absolute atomic E-state index is 5.97. The van der Waals surface area contributed by atoms with Gasteiger partial charge in [0.15, 0.2) is 5.82 Å². The van der Waals surface area contributed by atoms with E-state index >= 15 is 0 Å². The van der Waals surface area contributed by atoms with E-state index in [-0.39, 0.29) is 12.2 Å². The first-order valence-corrected chi connectivity index (χ1v) is 7.37. The Bertz CT molecular complexity index is 444. The summed E-state index contributed by atoms with van der Waals surface area (Å²) in [7, 11) is 1.74. The fourth-order valence-electron chi connectivity index (χ4n) is 2.46. The lowest BCUT2D eigenvalue weighted by Crippen LogP contribution is -2.30. The van der Waals surface area contributed by atoms with Crippen molar-refractivity contribution < 1.29 is 14.2 Å². The third kappa shape index (κ3) is 4.80. The molecule has 0 amide bonds. The molecule has 1 heterocycles. The van der Waals surface area contributed by atoms with Crippen LogP contribution < -0.4 is 16.0 Å². The molecule has 0 spiro atoms. The minimum Gasteiger partial charge on any atom is -0.474 e. The lowest BCUT2D eigenvalue weighted by molar-refractivity contribution is 0.0192. The largest absolute Gasteiger partial charge is 0.474 e. The quantitative estimate of drug-likeness (QED) is 0.583. The van der Waals surface area contributed by atoms with Gasteiger partial charge in [0.05, 0.1) is 6.10 Å². The normalized spacial score (nSPS) is 22.0. The molecule has 2 atom stereocenters. The molecule has 0 radical (unpaired) electrons. The maximum Gasteiger partial charge on any atom is 0.219 e. The molecule has 1 aromatic heterocycles. The molecule has 0 aromatic carbocycles. The SMILES string of the molecule is CCOCc1nc(NN)cc(OC2CCCC(OC)C2)n1. The van der Waals surface area contributed by atoms with Crippen LogP contribution in [0.2, 0.25) is 0 Å². The third-order valence-electron chi connectivity index (χ3n) is 3.53. The summed E-state index contributed by atoms with van der Waals surface area (Å²) in [5.41, 5.74) is 2.53. The topological polar surface area (TPSA) is 91.5 Å². The highest BCUT2D eigenvalue weighted by molar-refractivity contribution is 5.37. The van der Waals surface area contributed by atoms with Crippen molar-refractivity contribution in [3.05, 3.63) is 11.9 Å². The first-order chi connectivity index (χ1) is 10.2. The van der Waals surface area contributed by atoms with Gasteiger partial charge in [-0.15, -0.1) is 0 Å². The Kier molecular flexibility index (Phi) is 6.16. The number of nitrogens with two attached hydrogens (primary N) is 1. The Labute approximate surface area is 125 Å². The molecule has 0 aliphatic heterocycles. The number of anilines is 1. The molecule has 1 aliphatic carbocycles. The van der Waals surface area contributed by atoms with Crippen molar-refractivity contribution in [1.82, 2.24) is 9.97 Å². The zero-order chi connectivity index (χ0) is 15.1. The predicted octanol–water partition coefficient (Wildman–Crippen LogP) is 1.64. The van der Waals surface area contributed by atoms with Gasteiger partial charge in [-0.1, -0.05) is 0 Å². The molecule has 1 aromatic rings. The average molecular weight is 296 g/mol. The Morgan fingerprint density at radius 3 is 2.86 bits per heavy atom. The van der Waals surface area contributed by atoms with Crippen molar-refractivity contribution in [2.45, 2.75) is 51.4 Å². The van der Waals surface area contributed by atoms with E-state index in [9.17, 15) is 0 Å². The van der Waals surface area contributed by atoms with Crippen LogP contribution in [0.1, 0.15) is 38.4 Å². The fraction of sp³-hybridized carbons (Fsp3) is 0.714. The van der Waals surface area contributed by atoms with E-state index in [1.54, 1.807) is 13.2 Å². The monoisotopic (exact) mass is 296 g/mol. The van der Waals surface area contributed by atoms with E-state index in [0.717, 1.165) is 25.7 Å².